The van der Waals surface area contributed by atoms with Gasteiger partial charge in [-0.25, -0.2) is 0 Å². The van der Waals surface area contributed by atoms with E-state index in [-0.39, 0.29) is 5.91 Å². The summed E-state index contributed by atoms with van der Waals surface area (Å²) in [6, 6.07) is 6.85. The number of amides is 1. The number of hydrogen-bond acceptors (Lipinski definition) is 4. The van der Waals surface area contributed by atoms with Gasteiger partial charge in [0.15, 0.2) is 0 Å². The standard InChI is InChI=1S/C13H12BrN3O2/c1-19-12-6-8(2-3-10(12)14)17-13(18)9-7-16-5-4-11(9)15/h2-7H,1H3,(H2,15,16)(H,17,18). The number of carbonyl (C=O) groups excluding carboxylic acids is 1. The average Bonchev–Trinajstić information content (AvgIpc) is 2.41. The first kappa shape index (κ1) is 13.4. The highest BCUT2D eigenvalue weighted by Gasteiger charge is 2.11. The minimum atomic E-state index is -0.310. The molecule has 1 amide bonds. The Morgan fingerprint density at radius 3 is 2.89 bits per heavy atom. The first-order chi connectivity index (χ1) is 9.11. The van der Waals surface area contributed by atoms with E-state index in [1.165, 1.54) is 12.4 Å². The third-order valence-corrected chi connectivity index (χ3v) is 3.16. The Hall–Kier alpha value is -2.08. The van der Waals surface area contributed by atoms with Gasteiger partial charge in [-0.1, -0.05) is 0 Å². The van der Waals surface area contributed by atoms with Crippen LogP contribution in [0.2, 0.25) is 0 Å². The smallest absolute Gasteiger partial charge is 0.259 e. The molecule has 0 atom stereocenters. The van der Waals surface area contributed by atoms with Gasteiger partial charge in [0.2, 0.25) is 0 Å². The summed E-state index contributed by atoms with van der Waals surface area (Å²) in [5, 5.41) is 2.74. The average molecular weight is 322 g/mol. The lowest BCUT2D eigenvalue weighted by Crippen LogP contribution is -2.14. The zero-order chi connectivity index (χ0) is 13.8. The number of hydrogen-bond donors (Lipinski definition) is 2. The summed E-state index contributed by atoms with van der Waals surface area (Å²) < 4.78 is 5.98. The highest BCUT2D eigenvalue weighted by molar-refractivity contribution is 9.10. The van der Waals surface area contributed by atoms with Crippen LogP contribution in [0.3, 0.4) is 0 Å². The zero-order valence-electron chi connectivity index (χ0n) is 10.2. The maximum atomic E-state index is 12.0. The van der Waals surface area contributed by atoms with E-state index < -0.39 is 0 Å². The van der Waals surface area contributed by atoms with Crippen LogP contribution >= 0.6 is 15.9 Å². The second-order valence-electron chi connectivity index (χ2n) is 3.77. The highest BCUT2D eigenvalue weighted by atomic mass is 79.9. The first-order valence-electron chi connectivity index (χ1n) is 5.46. The summed E-state index contributed by atoms with van der Waals surface area (Å²) in [6.45, 7) is 0. The van der Waals surface area contributed by atoms with E-state index in [1.54, 1.807) is 31.4 Å². The van der Waals surface area contributed by atoms with Crippen molar-refractivity contribution in [3.63, 3.8) is 0 Å². The lowest BCUT2D eigenvalue weighted by atomic mass is 10.2. The molecular formula is C13H12BrN3O2. The van der Waals surface area contributed by atoms with Crippen molar-refractivity contribution in [1.82, 2.24) is 4.98 Å². The molecule has 0 unspecified atom stereocenters. The van der Waals surface area contributed by atoms with E-state index >= 15 is 0 Å². The number of carbonyl (C=O) groups is 1. The largest absolute Gasteiger partial charge is 0.495 e. The molecule has 6 heteroatoms. The molecule has 3 N–H and O–H groups in total. The SMILES string of the molecule is COc1cc(NC(=O)c2cnccc2N)ccc1Br. The number of benzene rings is 1. The molecule has 0 saturated heterocycles. The van der Waals surface area contributed by atoms with Crippen LogP contribution in [0.15, 0.2) is 41.1 Å². The Bertz CT molecular complexity index is 617. The summed E-state index contributed by atoms with van der Waals surface area (Å²) in [5.74, 6) is 0.326. The highest BCUT2D eigenvalue weighted by Crippen LogP contribution is 2.28. The van der Waals surface area contributed by atoms with E-state index in [0.29, 0.717) is 22.7 Å². The molecule has 1 aromatic carbocycles. The number of pyridine rings is 1. The van der Waals surface area contributed by atoms with Gasteiger partial charge in [-0.2, -0.15) is 0 Å². The number of anilines is 2. The van der Waals surface area contributed by atoms with E-state index in [0.717, 1.165) is 4.47 Å². The van der Waals surface area contributed by atoms with Crippen LogP contribution in [-0.4, -0.2) is 18.0 Å². The zero-order valence-corrected chi connectivity index (χ0v) is 11.8. The fourth-order valence-corrected chi connectivity index (χ4v) is 1.94. The van der Waals surface area contributed by atoms with Crippen molar-refractivity contribution >= 4 is 33.2 Å². The Morgan fingerprint density at radius 1 is 1.42 bits per heavy atom. The number of methoxy groups -OCH3 is 1. The molecule has 0 aliphatic carbocycles. The topological polar surface area (TPSA) is 77.2 Å². The summed E-state index contributed by atoms with van der Waals surface area (Å²) in [6.07, 6.45) is 2.97. The quantitative estimate of drug-likeness (QED) is 0.911. The van der Waals surface area contributed by atoms with Gasteiger partial charge >= 0.3 is 0 Å². The molecule has 2 aromatic rings. The third kappa shape index (κ3) is 3.03. The van der Waals surface area contributed by atoms with Crippen molar-refractivity contribution in [3.8, 4) is 5.75 Å². The predicted molar refractivity (Wildman–Crippen MR) is 77.3 cm³/mol. The normalized spacial score (nSPS) is 10.0. The number of nitrogens with zero attached hydrogens (tertiary/aromatic N) is 1. The Balaban J connectivity index is 2.22. The summed E-state index contributed by atoms with van der Waals surface area (Å²) in [5.41, 5.74) is 7.06. The Kier molecular flexibility index (Phi) is 4.01. The van der Waals surface area contributed by atoms with Gasteiger partial charge in [0.25, 0.3) is 5.91 Å². The molecule has 5 nitrogen and oxygen atoms in total. The number of aromatic nitrogens is 1. The molecule has 1 heterocycles. The van der Waals surface area contributed by atoms with Gasteiger partial charge in [-0.15, -0.1) is 0 Å². The van der Waals surface area contributed by atoms with Gasteiger partial charge in [0.05, 0.1) is 17.1 Å². The summed E-state index contributed by atoms with van der Waals surface area (Å²) in [4.78, 5) is 15.9. The maximum Gasteiger partial charge on any atom is 0.259 e. The Morgan fingerprint density at radius 2 is 2.21 bits per heavy atom. The van der Waals surface area contributed by atoms with E-state index in [2.05, 4.69) is 26.2 Å². The second kappa shape index (κ2) is 5.71. The molecule has 19 heavy (non-hydrogen) atoms. The summed E-state index contributed by atoms with van der Waals surface area (Å²) in [7, 11) is 1.56. The van der Waals surface area contributed by atoms with Crippen LogP contribution < -0.4 is 15.8 Å². The maximum absolute atomic E-state index is 12.0. The molecule has 0 aliphatic rings. The fourth-order valence-electron chi connectivity index (χ4n) is 1.53. The van der Waals surface area contributed by atoms with E-state index in [4.69, 9.17) is 10.5 Å². The van der Waals surface area contributed by atoms with Gasteiger partial charge in [-0.05, 0) is 34.1 Å². The van der Waals surface area contributed by atoms with Crippen LogP contribution in [0.1, 0.15) is 10.4 Å². The second-order valence-corrected chi connectivity index (χ2v) is 4.62. The minimum Gasteiger partial charge on any atom is -0.495 e. The van der Waals surface area contributed by atoms with Crippen LogP contribution in [0.5, 0.6) is 5.75 Å². The fraction of sp³-hybridized carbons (Fsp3) is 0.0769. The van der Waals surface area contributed by atoms with Crippen molar-refractivity contribution in [1.29, 1.82) is 0 Å². The summed E-state index contributed by atoms with van der Waals surface area (Å²) >= 11 is 3.35. The van der Waals surface area contributed by atoms with E-state index in [1.807, 2.05) is 0 Å². The minimum absolute atomic E-state index is 0.310. The lowest BCUT2D eigenvalue weighted by molar-refractivity contribution is 0.102. The molecule has 0 bridgehead atoms. The number of halogens is 1. The van der Waals surface area contributed by atoms with Crippen LogP contribution in [0.25, 0.3) is 0 Å². The molecule has 98 valence electrons. The molecular weight excluding hydrogens is 310 g/mol. The van der Waals surface area contributed by atoms with Crippen molar-refractivity contribution in [3.05, 3.63) is 46.7 Å². The number of nitrogens with one attached hydrogen (secondary N) is 1. The number of nitrogens with two attached hydrogens (primary N) is 1. The van der Waals surface area contributed by atoms with Crippen LogP contribution in [0.4, 0.5) is 11.4 Å². The Labute approximate surface area is 118 Å². The van der Waals surface area contributed by atoms with Crippen molar-refractivity contribution in [2.45, 2.75) is 0 Å². The van der Waals surface area contributed by atoms with Gasteiger partial charge in [0, 0.05) is 29.8 Å². The van der Waals surface area contributed by atoms with Crippen LogP contribution in [0, 0.1) is 0 Å². The number of nitrogen functional groups attached to an aromatic ring is 1. The number of rotatable bonds is 3. The molecule has 0 saturated carbocycles. The van der Waals surface area contributed by atoms with Gasteiger partial charge in [0.1, 0.15) is 5.75 Å². The number of ether oxygens (including phenoxy) is 1. The molecule has 0 radical (unpaired) electrons. The first-order valence-corrected chi connectivity index (χ1v) is 6.25. The molecule has 1 aromatic heterocycles. The van der Waals surface area contributed by atoms with Crippen molar-refractivity contribution in [2.75, 3.05) is 18.2 Å². The monoisotopic (exact) mass is 321 g/mol. The van der Waals surface area contributed by atoms with Crippen molar-refractivity contribution in [2.24, 2.45) is 0 Å². The predicted octanol–water partition coefficient (Wildman–Crippen LogP) is 2.69. The molecule has 0 aliphatic heterocycles. The van der Waals surface area contributed by atoms with Gasteiger partial charge < -0.3 is 15.8 Å². The molecule has 0 spiro atoms. The molecule has 2 rings (SSSR count). The van der Waals surface area contributed by atoms with Gasteiger partial charge in [-0.3, -0.25) is 9.78 Å². The molecule has 0 fully saturated rings. The van der Waals surface area contributed by atoms with Crippen molar-refractivity contribution < 1.29 is 9.53 Å². The van der Waals surface area contributed by atoms with Crippen LogP contribution in [-0.2, 0) is 0 Å². The lowest BCUT2D eigenvalue weighted by Gasteiger charge is -2.09. The third-order valence-electron chi connectivity index (χ3n) is 2.51. The van der Waals surface area contributed by atoms with E-state index in [9.17, 15) is 4.79 Å².